The third kappa shape index (κ3) is 3.47. The first-order valence-electron chi connectivity index (χ1n) is 3.04. The van der Waals surface area contributed by atoms with Crippen LogP contribution in [0.4, 0.5) is 13.2 Å². The standard InChI is InChI=1S/C4H6F3NO5S/c5-4(6,7)14(12,13)8-1-2(9)3(10)11/h2,8-9H,1H2,(H,10,11). The van der Waals surface area contributed by atoms with Crippen LogP contribution in [0.25, 0.3) is 0 Å². The van der Waals surface area contributed by atoms with Crippen LogP contribution >= 0.6 is 0 Å². The van der Waals surface area contributed by atoms with Crippen LogP contribution in [0.2, 0.25) is 0 Å². The highest BCUT2D eigenvalue weighted by Gasteiger charge is 2.45. The molecule has 0 radical (unpaired) electrons. The van der Waals surface area contributed by atoms with Crippen LogP contribution in [-0.4, -0.2) is 42.8 Å². The third-order valence-electron chi connectivity index (χ3n) is 1.06. The molecule has 0 fully saturated rings. The van der Waals surface area contributed by atoms with Crippen molar-refractivity contribution < 1.29 is 36.6 Å². The number of hydrogen-bond acceptors (Lipinski definition) is 4. The molecule has 0 saturated heterocycles. The van der Waals surface area contributed by atoms with Gasteiger partial charge in [-0.1, -0.05) is 0 Å². The van der Waals surface area contributed by atoms with Crippen LogP contribution in [0.15, 0.2) is 0 Å². The molecule has 0 bridgehead atoms. The molecule has 0 spiro atoms. The van der Waals surface area contributed by atoms with Crippen molar-refractivity contribution in [2.45, 2.75) is 11.6 Å². The van der Waals surface area contributed by atoms with Crippen molar-refractivity contribution >= 4 is 16.0 Å². The van der Waals surface area contributed by atoms with Crippen molar-refractivity contribution in [2.75, 3.05) is 6.54 Å². The van der Waals surface area contributed by atoms with Gasteiger partial charge in [-0.2, -0.15) is 13.2 Å². The summed E-state index contributed by atoms with van der Waals surface area (Å²) in [5.41, 5.74) is -5.52. The molecular weight excluding hydrogens is 231 g/mol. The van der Waals surface area contributed by atoms with Gasteiger partial charge in [-0.15, -0.1) is 0 Å². The summed E-state index contributed by atoms with van der Waals surface area (Å²) in [6.45, 7) is -1.24. The molecule has 0 aromatic heterocycles. The first-order valence-corrected chi connectivity index (χ1v) is 4.53. The van der Waals surface area contributed by atoms with Crippen LogP contribution in [0, 0.1) is 0 Å². The van der Waals surface area contributed by atoms with Crippen LogP contribution in [0.5, 0.6) is 0 Å². The van der Waals surface area contributed by atoms with Gasteiger partial charge in [-0.05, 0) is 0 Å². The fourth-order valence-corrected chi connectivity index (χ4v) is 0.899. The van der Waals surface area contributed by atoms with Crippen LogP contribution < -0.4 is 4.72 Å². The van der Waals surface area contributed by atoms with Gasteiger partial charge < -0.3 is 10.2 Å². The summed E-state index contributed by atoms with van der Waals surface area (Å²) in [5, 5.41) is 16.5. The number of rotatable bonds is 4. The zero-order valence-electron chi connectivity index (χ0n) is 6.45. The number of nitrogens with one attached hydrogen (secondary N) is 1. The Bertz CT molecular complexity index is 309. The summed E-state index contributed by atoms with van der Waals surface area (Å²) < 4.78 is 56.2. The molecule has 0 aliphatic heterocycles. The molecule has 0 rings (SSSR count). The highest BCUT2D eigenvalue weighted by atomic mass is 32.2. The summed E-state index contributed by atoms with van der Waals surface area (Å²) in [6.07, 6.45) is -2.22. The van der Waals surface area contributed by atoms with Crippen LogP contribution in [0.3, 0.4) is 0 Å². The van der Waals surface area contributed by atoms with E-state index in [1.165, 1.54) is 0 Å². The highest BCUT2D eigenvalue weighted by Crippen LogP contribution is 2.21. The zero-order valence-corrected chi connectivity index (χ0v) is 7.26. The molecule has 0 aliphatic carbocycles. The van der Waals surface area contributed by atoms with E-state index in [0.717, 1.165) is 4.72 Å². The van der Waals surface area contributed by atoms with Gasteiger partial charge in [0.1, 0.15) is 0 Å². The van der Waals surface area contributed by atoms with E-state index < -0.39 is 34.1 Å². The molecule has 0 aromatic rings. The Morgan fingerprint density at radius 1 is 1.43 bits per heavy atom. The second kappa shape index (κ2) is 4.11. The van der Waals surface area contributed by atoms with E-state index >= 15 is 0 Å². The van der Waals surface area contributed by atoms with E-state index in [-0.39, 0.29) is 0 Å². The molecule has 0 aliphatic rings. The largest absolute Gasteiger partial charge is 0.511 e. The Balaban J connectivity index is 4.36. The van der Waals surface area contributed by atoms with E-state index in [1.54, 1.807) is 0 Å². The average molecular weight is 237 g/mol. The van der Waals surface area contributed by atoms with Gasteiger partial charge in [0, 0.05) is 6.54 Å². The number of aliphatic carboxylic acids is 1. The Labute approximate surface area is 76.4 Å². The molecule has 0 heterocycles. The molecule has 0 aromatic carbocycles. The number of alkyl halides is 3. The number of carboxylic acids is 1. The quantitative estimate of drug-likeness (QED) is 0.574. The van der Waals surface area contributed by atoms with Gasteiger partial charge in [0.25, 0.3) is 0 Å². The van der Waals surface area contributed by atoms with Crippen molar-refractivity contribution in [3.05, 3.63) is 0 Å². The van der Waals surface area contributed by atoms with Gasteiger partial charge in [0.15, 0.2) is 6.10 Å². The summed E-state index contributed by atoms with van der Waals surface area (Å²) in [7, 11) is -5.60. The van der Waals surface area contributed by atoms with E-state index in [4.69, 9.17) is 10.2 Å². The van der Waals surface area contributed by atoms with Gasteiger partial charge in [-0.25, -0.2) is 17.9 Å². The molecule has 10 heteroatoms. The fraction of sp³-hybridized carbons (Fsp3) is 0.750. The third-order valence-corrected chi connectivity index (χ3v) is 2.21. The van der Waals surface area contributed by atoms with Crippen LogP contribution in [-0.2, 0) is 14.8 Å². The minimum Gasteiger partial charge on any atom is -0.479 e. The second-order valence-electron chi connectivity index (χ2n) is 2.15. The number of carbonyl (C=O) groups is 1. The Morgan fingerprint density at radius 3 is 2.14 bits per heavy atom. The van der Waals surface area contributed by atoms with Gasteiger partial charge >= 0.3 is 21.5 Å². The molecule has 0 saturated carbocycles. The number of sulfonamides is 1. The second-order valence-corrected chi connectivity index (χ2v) is 3.91. The number of hydrogen-bond donors (Lipinski definition) is 3. The molecule has 1 atom stereocenters. The predicted molar refractivity (Wildman–Crippen MR) is 36.6 cm³/mol. The number of halogens is 3. The van der Waals surface area contributed by atoms with Crippen molar-refractivity contribution in [1.29, 1.82) is 0 Å². The summed E-state index contributed by atoms with van der Waals surface area (Å²) in [5.74, 6) is -1.82. The Hall–Kier alpha value is -0.870. The summed E-state index contributed by atoms with van der Waals surface area (Å²) >= 11 is 0. The SMILES string of the molecule is O=C(O)C(O)CNS(=O)(=O)C(F)(F)F. The predicted octanol–water partition coefficient (Wildman–Crippen LogP) is -1.13. The minimum atomic E-state index is -5.60. The molecule has 6 nitrogen and oxygen atoms in total. The minimum absolute atomic E-state index is 0.896. The van der Waals surface area contributed by atoms with Crippen molar-refractivity contribution in [3.63, 3.8) is 0 Å². The van der Waals surface area contributed by atoms with Crippen molar-refractivity contribution in [1.82, 2.24) is 4.72 Å². The lowest BCUT2D eigenvalue weighted by molar-refractivity contribution is -0.146. The fourth-order valence-electron chi connectivity index (χ4n) is 0.358. The van der Waals surface area contributed by atoms with Crippen LogP contribution in [0.1, 0.15) is 0 Å². The maximum atomic E-state index is 11.6. The Kier molecular flexibility index (Phi) is 3.85. The first-order chi connectivity index (χ1) is 6.08. The number of carboxylic acid groups (broad SMARTS) is 1. The molecule has 84 valence electrons. The molecular formula is C4H6F3NO5S. The van der Waals surface area contributed by atoms with Gasteiger partial charge in [0.2, 0.25) is 0 Å². The first kappa shape index (κ1) is 13.1. The Morgan fingerprint density at radius 2 is 1.86 bits per heavy atom. The molecule has 1 unspecified atom stereocenters. The normalized spacial score (nSPS) is 15.1. The summed E-state index contributed by atoms with van der Waals surface area (Å²) in [4.78, 5) is 9.90. The van der Waals surface area contributed by atoms with E-state index in [1.807, 2.05) is 0 Å². The number of aliphatic hydroxyl groups is 1. The maximum Gasteiger partial charge on any atom is 0.511 e. The lowest BCUT2D eigenvalue weighted by atomic mass is 10.4. The van der Waals surface area contributed by atoms with Crippen molar-refractivity contribution in [3.8, 4) is 0 Å². The molecule has 3 N–H and O–H groups in total. The number of aliphatic hydroxyl groups excluding tert-OH is 1. The van der Waals surface area contributed by atoms with Gasteiger partial charge in [0.05, 0.1) is 0 Å². The van der Waals surface area contributed by atoms with E-state index in [9.17, 15) is 26.4 Å². The van der Waals surface area contributed by atoms with Gasteiger partial charge in [-0.3, -0.25) is 0 Å². The van der Waals surface area contributed by atoms with E-state index in [2.05, 4.69) is 0 Å². The van der Waals surface area contributed by atoms with E-state index in [0.29, 0.717) is 0 Å². The maximum absolute atomic E-state index is 11.6. The molecule has 0 amide bonds. The average Bonchev–Trinajstić information content (AvgIpc) is 1.97. The van der Waals surface area contributed by atoms with Crippen molar-refractivity contribution in [2.24, 2.45) is 0 Å². The lowest BCUT2D eigenvalue weighted by Gasteiger charge is -2.10. The highest BCUT2D eigenvalue weighted by molar-refractivity contribution is 7.90. The smallest absolute Gasteiger partial charge is 0.479 e. The topological polar surface area (TPSA) is 104 Å². The zero-order chi connectivity index (χ0) is 11.6. The molecule has 14 heavy (non-hydrogen) atoms. The monoisotopic (exact) mass is 237 g/mol. The summed E-state index contributed by atoms with van der Waals surface area (Å²) in [6, 6.07) is 0. The lowest BCUT2D eigenvalue weighted by Crippen LogP contribution is -2.42.